The number of para-hydroxylation sites is 1. The number of rotatable bonds is 2. The summed E-state index contributed by atoms with van der Waals surface area (Å²) in [4.78, 5) is 2.62. The minimum atomic E-state index is 0.862. The third-order valence-electron chi connectivity index (χ3n) is 2.01. The molecule has 0 aliphatic carbocycles. The van der Waals surface area contributed by atoms with Gasteiger partial charge in [-0.1, -0.05) is 18.2 Å². The zero-order valence-electron chi connectivity index (χ0n) is 7.71. The Balaban J connectivity index is 2.50. The van der Waals surface area contributed by atoms with Gasteiger partial charge in [0.2, 0.25) is 0 Å². The standard InChI is InChI=1S/C10H10ClN3/c1-7-6-10(14-13-7)8-4-2-3-5-9(8)12-11/h2-6,12H,1H3,(H,13,14). The monoisotopic (exact) mass is 207 g/mol. The summed E-state index contributed by atoms with van der Waals surface area (Å²) in [5.41, 5.74) is 3.78. The molecule has 0 radical (unpaired) electrons. The van der Waals surface area contributed by atoms with E-state index in [4.69, 9.17) is 11.8 Å². The summed E-state index contributed by atoms with van der Waals surface area (Å²) in [6.07, 6.45) is 0. The van der Waals surface area contributed by atoms with E-state index in [0.717, 1.165) is 22.6 Å². The highest BCUT2D eigenvalue weighted by Gasteiger charge is 2.05. The van der Waals surface area contributed by atoms with Crippen LogP contribution in [0.25, 0.3) is 11.3 Å². The van der Waals surface area contributed by atoms with Gasteiger partial charge in [0, 0.05) is 23.0 Å². The second kappa shape index (κ2) is 3.72. The molecule has 1 heterocycles. The van der Waals surface area contributed by atoms with E-state index in [1.54, 1.807) is 0 Å². The lowest BCUT2D eigenvalue weighted by Gasteiger charge is -2.03. The molecule has 3 nitrogen and oxygen atoms in total. The fourth-order valence-corrected chi connectivity index (χ4v) is 1.51. The number of nitrogens with zero attached hydrogens (tertiary/aromatic N) is 1. The quantitative estimate of drug-likeness (QED) is 0.744. The van der Waals surface area contributed by atoms with Crippen LogP contribution >= 0.6 is 11.8 Å². The van der Waals surface area contributed by atoms with Crippen molar-refractivity contribution in [1.29, 1.82) is 0 Å². The van der Waals surface area contributed by atoms with Gasteiger partial charge < -0.3 is 0 Å². The van der Waals surface area contributed by atoms with E-state index in [9.17, 15) is 0 Å². The van der Waals surface area contributed by atoms with Crippen molar-refractivity contribution in [3.8, 4) is 11.3 Å². The maximum Gasteiger partial charge on any atom is 0.0944 e. The molecule has 0 amide bonds. The van der Waals surface area contributed by atoms with Crippen LogP contribution in [0.4, 0.5) is 5.69 Å². The second-order valence-corrected chi connectivity index (χ2v) is 3.27. The van der Waals surface area contributed by atoms with Gasteiger partial charge in [0.15, 0.2) is 0 Å². The molecule has 0 atom stereocenters. The fraction of sp³-hybridized carbons (Fsp3) is 0.100. The number of benzene rings is 1. The summed E-state index contributed by atoms with van der Waals surface area (Å²) in [6.45, 7) is 1.97. The van der Waals surface area contributed by atoms with Gasteiger partial charge >= 0.3 is 0 Å². The molecule has 1 aromatic carbocycles. The third kappa shape index (κ3) is 1.59. The van der Waals surface area contributed by atoms with Crippen LogP contribution in [-0.4, -0.2) is 10.2 Å². The number of H-pyrrole nitrogens is 1. The molecule has 72 valence electrons. The van der Waals surface area contributed by atoms with E-state index in [-0.39, 0.29) is 0 Å². The Kier molecular flexibility index (Phi) is 2.41. The van der Waals surface area contributed by atoms with Gasteiger partial charge in [-0.15, -0.1) is 0 Å². The maximum atomic E-state index is 5.60. The largest absolute Gasteiger partial charge is 0.298 e. The highest BCUT2D eigenvalue weighted by molar-refractivity contribution is 6.24. The lowest BCUT2D eigenvalue weighted by atomic mass is 10.1. The molecule has 0 saturated carbocycles. The first kappa shape index (κ1) is 9.09. The Labute approximate surface area is 87.2 Å². The van der Waals surface area contributed by atoms with Crippen molar-refractivity contribution in [1.82, 2.24) is 10.2 Å². The van der Waals surface area contributed by atoms with Crippen molar-refractivity contribution in [3.63, 3.8) is 0 Å². The van der Waals surface area contributed by atoms with Crippen molar-refractivity contribution in [3.05, 3.63) is 36.0 Å². The normalized spacial score (nSPS) is 10.1. The maximum absolute atomic E-state index is 5.60. The van der Waals surface area contributed by atoms with Crippen molar-refractivity contribution in [2.75, 3.05) is 4.84 Å². The van der Waals surface area contributed by atoms with E-state index in [1.165, 1.54) is 0 Å². The van der Waals surface area contributed by atoms with Crippen molar-refractivity contribution in [2.24, 2.45) is 0 Å². The third-order valence-corrected chi connectivity index (χ3v) is 2.21. The predicted molar refractivity (Wildman–Crippen MR) is 58.2 cm³/mol. The first-order chi connectivity index (χ1) is 6.81. The number of halogens is 1. The minimum Gasteiger partial charge on any atom is -0.298 e. The molecule has 4 heteroatoms. The molecule has 1 aromatic heterocycles. The van der Waals surface area contributed by atoms with Crippen LogP contribution in [0.3, 0.4) is 0 Å². The molecule has 0 aliphatic heterocycles. The van der Waals surface area contributed by atoms with E-state index >= 15 is 0 Å². The van der Waals surface area contributed by atoms with Crippen molar-refractivity contribution >= 4 is 17.5 Å². The topological polar surface area (TPSA) is 40.7 Å². The van der Waals surface area contributed by atoms with Gasteiger partial charge in [-0.2, -0.15) is 5.10 Å². The minimum absolute atomic E-state index is 0.862. The highest BCUT2D eigenvalue weighted by Crippen LogP contribution is 2.26. The molecule has 0 unspecified atom stereocenters. The lowest BCUT2D eigenvalue weighted by molar-refractivity contribution is 1.05. The molecular formula is C10H10ClN3. The second-order valence-electron chi connectivity index (χ2n) is 3.08. The zero-order valence-corrected chi connectivity index (χ0v) is 8.47. The van der Waals surface area contributed by atoms with E-state index in [2.05, 4.69) is 15.0 Å². The number of aromatic amines is 1. The summed E-state index contributed by atoms with van der Waals surface area (Å²) >= 11 is 5.60. The molecule has 0 aliphatic rings. The Bertz CT molecular complexity index is 436. The number of hydrogen-bond donors (Lipinski definition) is 2. The number of hydrogen-bond acceptors (Lipinski definition) is 2. The lowest BCUT2D eigenvalue weighted by Crippen LogP contribution is -1.86. The Morgan fingerprint density at radius 3 is 2.79 bits per heavy atom. The Hall–Kier alpha value is -1.48. The van der Waals surface area contributed by atoms with E-state index < -0.39 is 0 Å². The van der Waals surface area contributed by atoms with Gasteiger partial charge in [-0.3, -0.25) is 9.93 Å². The number of nitrogens with one attached hydrogen (secondary N) is 2. The van der Waals surface area contributed by atoms with Gasteiger partial charge in [0.1, 0.15) is 0 Å². The van der Waals surface area contributed by atoms with E-state index in [1.807, 2.05) is 37.3 Å². The number of anilines is 1. The fourth-order valence-electron chi connectivity index (χ4n) is 1.34. The van der Waals surface area contributed by atoms with Crippen LogP contribution in [0.5, 0.6) is 0 Å². The molecule has 2 rings (SSSR count). The van der Waals surface area contributed by atoms with Crippen molar-refractivity contribution in [2.45, 2.75) is 6.92 Å². The summed E-state index contributed by atoms with van der Waals surface area (Å²) in [6, 6.07) is 9.74. The van der Waals surface area contributed by atoms with Crippen molar-refractivity contribution < 1.29 is 0 Å². The van der Waals surface area contributed by atoms with Gasteiger partial charge in [0.25, 0.3) is 0 Å². The average molecular weight is 208 g/mol. The number of aromatic nitrogens is 2. The summed E-state index contributed by atoms with van der Waals surface area (Å²) in [5, 5.41) is 7.07. The smallest absolute Gasteiger partial charge is 0.0944 e. The predicted octanol–water partition coefficient (Wildman–Crippen LogP) is 2.95. The molecule has 14 heavy (non-hydrogen) atoms. The van der Waals surface area contributed by atoms with E-state index in [0.29, 0.717) is 0 Å². The summed E-state index contributed by atoms with van der Waals surface area (Å²) in [7, 11) is 0. The first-order valence-corrected chi connectivity index (χ1v) is 4.67. The van der Waals surface area contributed by atoms with Crippen LogP contribution in [0.1, 0.15) is 5.69 Å². The molecular weight excluding hydrogens is 198 g/mol. The van der Waals surface area contributed by atoms with Gasteiger partial charge in [0.05, 0.1) is 11.4 Å². The number of aryl methyl sites for hydroxylation is 1. The molecule has 0 bridgehead atoms. The average Bonchev–Trinajstić information content (AvgIpc) is 2.65. The molecule has 0 saturated heterocycles. The Morgan fingerprint density at radius 2 is 2.14 bits per heavy atom. The summed E-state index contributed by atoms with van der Waals surface area (Å²) in [5.74, 6) is 0. The zero-order chi connectivity index (χ0) is 9.97. The van der Waals surface area contributed by atoms with Gasteiger partial charge in [-0.05, 0) is 19.1 Å². The Morgan fingerprint density at radius 1 is 1.36 bits per heavy atom. The van der Waals surface area contributed by atoms with Crippen LogP contribution in [0.15, 0.2) is 30.3 Å². The molecule has 2 aromatic rings. The van der Waals surface area contributed by atoms with Crippen LogP contribution in [0, 0.1) is 6.92 Å². The van der Waals surface area contributed by atoms with Gasteiger partial charge in [-0.25, -0.2) is 0 Å². The summed E-state index contributed by atoms with van der Waals surface area (Å²) < 4.78 is 0. The van der Waals surface area contributed by atoms with Crippen LogP contribution < -0.4 is 4.84 Å². The van der Waals surface area contributed by atoms with Crippen LogP contribution in [0.2, 0.25) is 0 Å². The highest BCUT2D eigenvalue weighted by atomic mass is 35.5. The van der Waals surface area contributed by atoms with Crippen LogP contribution in [-0.2, 0) is 0 Å². The molecule has 0 spiro atoms. The first-order valence-electron chi connectivity index (χ1n) is 4.29. The SMILES string of the molecule is Cc1cc(-c2ccccc2NCl)n[nH]1. The molecule has 2 N–H and O–H groups in total. The molecule has 0 fully saturated rings.